The largest absolute Gasteiger partial charge is 0.256 e. The lowest BCUT2D eigenvalue weighted by Gasteiger charge is -1.98. The van der Waals surface area contributed by atoms with Gasteiger partial charge in [-0.25, -0.2) is 17.6 Å². The number of hydrogen-bond donors (Lipinski definition) is 0. The van der Waals surface area contributed by atoms with Crippen molar-refractivity contribution in [1.29, 1.82) is 0 Å². The fraction of sp³-hybridized carbons (Fsp3) is 0. The van der Waals surface area contributed by atoms with Gasteiger partial charge < -0.3 is 0 Å². The highest BCUT2D eigenvalue weighted by molar-refractivity contribution is 5.82. The van der Waals surface area contributed by atoms with Gasteiger partial charge in [-0.2, -0.15) is 0 Å². The number of nitrogens with zero attached hydrogens (tertiary/aromatic N) is 1. The van der Waals surface area contributed by atoms with Gasteiger partial charge in [-0.3, -0.25) is 4.99 Å². The highest BCUT2D eigenvalue weighted by atomic mass is 19.2. The van der Waals surface area contributed by atoms with E-state index in [1.54, 1.807) is 0 Å². The van der Waals surface area contributed by atoms with E-state index in [2.05, 4.69) is 4.99 Å². The zero-order valence-corrected chi connectivity index (χ0v) is 9.00. The van der Waals surface area contributed by atoms with Crippen molar-refractivity contribution in [2.24, 2.45) is 4.99 Å². The van der Waals surface area contributed by atoms with E-state index in [1.165, 1.54) is 6.07 Å². The first-order valence-electron chi connectivity index (χ1n) is 5.00. The Morgan fingerprint density at radius 3 is 2.22 bits per heavy atom. The Balaban J connectivity index is 2.29. The first-order chi connectivity index (χ1) is 8.56. The Labute approximate surface area is 100 Å². The molecule has 5 heteroatoms. The Morgan fingerprint density at radius 2 is 1.50 bits per heavy atom. The van der Waals surface area contributed by atoms with Crippen molar-refractivity contribution in [3.8, 4) is 0 Å². The molecular formula is C13H7F4N. The summed E-state index contributed by atoms with van der Waals surface area (Å²) >= 11 is 0. The van der Waals surface area contributed by atoms with Crippen LogP contribution in [0.25, 0.3) is 0 Å². The number of rotatable bonds is 2. The molecule has 0 fully saturated rings. The molecule has 0 amide bonds. The maximum Gasteiger partial charge on any atom is 0.160 e. The minimum absolute atomic E-state index is 0.0697. The molecule has 0 radical (unpaired) electrons. The van der Waals surface area contributed by atoms with E-state index in [4.69, 9.17) is 0 Å². The van der Waals surface area contributed by atoms with Crippen LogP contribution in [0.4, 0.5) is 23.2 Å². The fourth-order valence-electron chi connectivity index (χ4n) is 1.32. The Bertz CT molecular complexity index is 608. The molecule has 0 saturated carbocycles. The summed E-state index contributed by atoms with van der Waals surface area (Å²) in [6.45, 7) is 0. The van der Waals surface area contributed by atoms with Gasteiger partial charge in [-0.15, -0.1) is 0 Å². The normalized spacial score (nSPS) is 11.1. The molecule has 0 N–H and O–H groups in total. The van der Waals surface area contributed by atoms with Gasteiger partial charge in [-0.05, 0) is 30.3 Å². The Hall–Kier alpha value is -2.17. The quantitative estimate of drug-likeness (QED) is 0.566. The average molecular weight is 253 g/mol. The van der Waals surface area contributed by atoms with Crippen molar-refractivity contribution in [1.82, 2.24) is 0 Å². The molecule has 1 nitrogen and oxygen atoms in total. The van der Waals surface area contributed by atoms with Crippen LogP contribution in [0.3, 0.4) is 0 Å². The van der Waals surface area contributed by atoms with Gasteiger partial charge in [0.25, 0.3) is 0 Å². The van der Waals surface area contributed by atoms with Crippen molar-refractivity contribution in [2.45, 2.75) is 0 Å². The molecule has 0 aliphatic rings. The third kappa shape index (κ3) is 2.74. The van der Waals surface area contributed by atoms with Crippen LogP contribution in [0.5, 0.6) is 0 Å². The van der Waals surface area contributed by atoms with Crippen molar-refractivity contribution >= 4 is 11.9 Å². The van der Waals surface area contributed by atoms with Gasteiger partial charge in [0.2, 0.25) is 0 Å². The van der Waals surface area contributed by atoms with E-state index >= 15 is 0 Å². The highest BCUT2D eigenvalue weighted by Crippen LogP contribution is 2.16. The van der Waals surface area contributed by atoms with E-state index in [0.29, 0.717) is 0 Å². The third-order valence-corrected chi connectivity index (χ3v) is 2.21. The molecule has 0 saturated heterocycles. The molecule has 0 aliphatic heterocycles. The monoisotopic (exact) mass is 253 g/mol. The molecular weight excluding hydrogens is 246 g/mol. The first-order valence-corrected chi connectivity index (χ1v) is 5.00. The molecule has 0 aliphatic carbocycles. The van der Waals surface area contributed by atoms with Crippen LogP contribution in [-0.2, 0) is 0 Å². The van der Waals surface area contributed by atoms with E-state index < -0.39 is 23.3 Å². The number of aliphatic imine (C=N–C) groups is 1. The van der Waals surface area contributed by atoms with Crippen LogP contribution in [0.1, 0.15) is 5.56 Å². The maximum atomic E-state index is 13.2. The van der Waals surface area contributed by atoms with Gasteiger partial charge in [-0.1, -0.05) is 0 Å². The van der Waals surface area contributed by atoms with Crippen LogP contribution >= 0.6 is 0 Å². The van der Waals surface area contributed by atoms with Crippen molar-refractivity contribution in [2.75, 3.05) is 0 Å². The molecule has 0 atom stereocenters. The van der Waals surface area contributed by atoms with E-state index in [1.807, 2.05) is 0 Å². The standard InChI is InChI=1S/C13H7F4N/c14-9-1-3-11(15)8(5-9)7-18-10-2-4-12(16)13(17)6-10/h1-7H. The smallest absolute Gasteiger partial charge is 0.160 e. The lowest BCUT2D eigenvalue weighted by molar-refractivity contribution is 0.509. The predicted molar refractivity (Wildman–Crippen MR) is 60.0 cm³/mol. The molecule has 2 rings (SSSR count). The van der Waals surface area contributed by atoms with Crippen molar-refractivity contribution in [3.63, 3.8) is 0 Å². The summed E-state index contributed by atoms with van der Waals surface area (Å²) in [4.78, 5) is 3.74. The summed E-state index contributed by atoms with van der Waals surface area (Å²) in [6.07, 6.45) is 1.05. The second kappa shape index (κ2) is 5.00. The number of benzene rings is 2. The first kappa shape index (κ1) is 12.3. The molecule has 2 aromatic carbocycles. The van der Waals surface area contributed by atoms with Gasteiger partial charge in [0, 0.05) is 17.8 Å². The molecule has 2 aromatic rings. The second-order valence-electron chi connectivity index (χ2n) is 3.52. The molecule has 0 heterocycles. The summed E-state index contributed by atoms with van der Waals surface area (Å²) in [5.41, 5.74) is 0.0392. The zero-order chi connectivity index (χ0) is 13.1. The molecule has 92 valence electrons. The summed E-state index contributed by atoms with van der Waals surface area (Å²) in [5.74, 6) is -3.30. The van der Waals surface area contributed by atoms with Gasteiger partial charge in [0.15, 0.2) is 11.6 Å². The average Bonchev–Trinajstić information content (AvgIpc) is 2.34. The van der Waals surface area contributed by atoms with Crippen LogP contribution in [0, 0.1) is 23.3 Å². The zero-order valence-electron chi connectivity index (χ0n) is 9.00. The molecule has 0 bridgehead atoms. The van der Waals surface area contributed by atoms with E-state index in [-0.39, 0.29) is 11.3 Å². The number of halogens is 4. The minimum atomic E-state index is -1.05. The van der Waals surface area contributed by atoms with Crippen molar-refractivity contribution < 1.29 is 17.6 Å². The number of hydrogen-bond acceptors (Lipinski definition) is 1. The third-order valence-electron chi connectivity index (χ3n) is 2.21. The van der Waals surface area contributed by atoms with Crippen LogP contribution in [-0.4, -0.2) is 6.21 Å². The van der Waals surface area contributed by atoms with Gasteiger partial charge >= 0.3 is 0 Å². The summed E-state index contributed by atoms with van der Waals surface area (Å²) < 4.78 is 51.6. The molecule has 0 aromatic heterocycles. The van der Waals surface area contributed by atoms with Crippen LogP contribution in [0.15, 0.2) is 41.4 Å². The van der Waals surface area contributed by atoms with Crippen LogP contribution < -0.4 is 0 Å². The summed E-state index contributed by atoms with van der Waals surface area (Å²) in [5, 5.41) is 0. The van der Waals surface area contributed by atoms with Gasteiger partial charge in [0.1, 0.15) is 11.6 Å². The SMILES string of the molecule is Fc1ccc(F)c(C=Nc2ccc(F)c(F)c2)c1. The van der Waals surface area contributed by atoms with E-state index in [0.717, 1.165) is 36.5 Å². The van der Waals surface area contributed by atoms with E-state index in [9.17, 15) is 17.6 Å². The molecule has 0 spiro atoms. The summed E-state index contributed by atoms with van der Waals surface area (Å²) in [7, 11) is 0. The van der Waals surface area contributed by atoms with Crippen molar-refractivity contribution in [3.05, 3.63) is 65.2 Å². The highest BCUT2D eigenvalue weighted by Gasteiger charge is 2.03. The minimum Gasteiger partial charge on any atom is -0.256 e. The maximum absolute atomic E-state index is 13.2. The predicted octanol–water partition coefficient (Wildman–Crippen LogP) is 3.99. The lowest BCUT2D eigenvalue weighted by atomic mass is 10.2. The fourth-order valence-corrected chi connectivity index (χ4v) is 1.32. The second-order valence-corrected chi connectivity index (χ2v) is 3.52. The Kier molecular flexibility index (Phi) is 3.41. The van der Waals surface area contributed by atoms with Gasteiger partial charge in [0.05, 0.1) is 5.69 Å². The molecule has 18 heavy (non-hydrogen) atoms. The lowest BCUT2D eigenvalue weighted by Crippen LogP contribution is -1.89. The Morgan fingerprint density at radius 1 is 0.778 bits per heavy atom. The topological polar surface area (TPSA) is 12.4 Å². The van der Waals surface area contributed by atoms with Crippen LogP contribution in [0.2, 0.25) is 0 Å². The molecule has 0 unspecified atom stereocenters. The summed E-state index contributed by atoms with van der Waals surface area (Å²) in [6, 6.07) is 5.89.